The third-order valence-corrected chi connectivity index (χ3v) is 9.72. The first-order valence-electron chi connectivity index (χ1n) is 18.0. The number of benzene rings is 3. The van der Waals surface area contributed by atoms with Gasteiger partial charge in [0, 0.05) is 23.4 Å². The van der Waals surface area contributed by atoms with Crippen molar-refractivity contribution in [2.24, 2.45) is 0 Å². The molecule has 0 spiro atoms. The second-order valence-electron chi connectivity index (χ2n) is 12.9. The predicted molar refractivity (Wildman–Crippen MR) is 217 cm³/mol. The minimum Gasteiger partial charge on any atom is -0.481 e. The van der Waals surface area contributed by atoms with Crippen molar-refractivity contribution in [1.29, 1.82) is 0 Å². The van der Waals surface area contributed by atoms with Crippen LogP contribution in [0.2, 0.25) is 0 Å². The molecule has 3 aromatic carbocycles. The number of fused-ring (bicyclic) bond motifs is 1. The summed E-state index contributed by atoms with van der Waals surface area (Å²) in [6.45, 7) is 1.14. The van der Waals surface area contributed by atoms with Crippen molar-refractivity contribution in [3.8, 4) is 25.1 Å². The van der Waals surface area contributed by atoms with Gasteiger partial charge in [-0.2, -0.15) is 18.2 Å². The average molecular weight is 875 g/mol. The number of hydrogen-bond donors (Lipinski definition) is 6. The van der Waals surface area contributed by atoms with Crippen LogP contribution in [-0.2, 0) is 46.9 Å². The Hall–Kier alpha value is -7.74. The summed E-state index contributed by atoms with van der Waals surface area (Å²) in [5.41, 5.74) is -0.884. The lowest BCUT2D eigenvalue weighted by Crippen LogP contribution is -2.40. The predicted octanol–water partition coefficient (Wildman–Crippen LogP) is 5.77. The van der Waals surface area contributed by atoms with Gasteiger partial charge in [0.1, 0.15) is 12.2 Å². The number of aromatic nitrogens is 4. The Morgan fingerprint density at radius 3 is 2.26 bits per heavy atom. The number of carboxylic acids is 1. The van der Waals surface area contributed by atoms with Gasteiger partial charge in [0.2, 0.25) is 5.95 Å². The third kappa shape index (κ3) is 12.4. The number of alkyl halides is 3. The molecular weight excluding hydrogens is 840 g/mol. The number of halogens is 3. The Balaban J connectivity index is 1.25. The number of aliphatic carboxylic acids is 1. The van der Waals surface area contributed by atoms with Gasteiger partial charge in [-0.25, -0.2) is 14.5 Å². The molecule has 0 radical (unpaired) electrons. The second-order valence-corrected chi connectivity index (χ2v) is 14.4. The van der Waals surface area contributed by atoms with Crippen LogP contribution in [0.5, 0.6) is 0 Å². The number of carbonyl (C=O) groups excluding carboxylic acids is 3. The molecule has 2 aromatic heterocycles. The zero-order valence-corrected chi connectivity index (χ0v) is 33.1. The SMILES string of the molecule is C#COP(=O)(OC#C)OCCc1ccc(NC(=O)c2ccc(C(F)(F)F)cc2Nc2nc(=O)c3nc(CNc4ccc(C(=O)N[C@@H](CCC(=O)O)C(C)=O)cc4)cnc3[nH]2)cc1. The standard InChI is InChI=1S/C40H34F3N8O10P/c1-4-59-62(58,60-5-2)61-19-18-24-6-11-28(12-7-24)47-37(56)30-15-10-26(40(41,42)43)20-32(30)49-39-50-35-34(38(57)51-39)46-29(22-45-35)21-44-27-13-8-25(9-14-27)36(55)48-31(23(3)52)16-17-33(53)54/h1-2,6-15,20,22,31,44H,16-19,21H2,3H3,(H,47,56)(H,48,55)(H,53,54)(H2,45,49,50,51,57)/t31-/m0/s1. The second kappa shape index (κ2) is 20.0. The van der Waals surface area contributed by atoms with Crippen molar-refractivity contribution in [1.82, 2.24) is 25.3 Å². The van der Waals surface area contributed by atoms with Crippen LogP contribution in [0.15, 0.2) is 77.7 Å². The highest BCUT2D eigenvalue weighted by atomic mass is 31.2. The number of ketones is 1. The zero-order valence-electron chi connectivity index (χ0n) is 32.2. The van der Waals surface area contributed by atoms with Gasteiger partial charge < -0.3 is 40.4 Å². The van der Waals surface area contributed by atoms with Crippen LogP contribution >= 0.6 is 7.82 Å². The van der Waals surface area contributed by atoms with Crippen LogP contribution in [-0.4, -0.2) is 61.3 Å². The maximum atomic E-state index is 13.8. The van der Waals surface area contributed by atoms with Crippen LogP contribution in [0, 0.1) is 25.1 Å². The van der Waals surface area contributed by atoms with Crippen LogP contribution in [0.3, 0.4) is 0 Å². The molecule has 0 aliphatic rings. The number of rotatable bonds is 19. The minimum atomic E-state index is -4.79. The van der Waals surface area contributed by atoms with Gasteiger partial charge in [0.15, 0.2) is 16.9 Å². The van der Waals surface area contributed by atoms with Gasteiger partial charge in [0.25, 0.3) is 11.8 Å². The highest BCUT2D eigenvalue weighted by Gasteiger charge is 2.32. The highest BCUT2D eigenvalue weighted by molar-refractivity contribution is 7.48. The van der Waals surface area contributed by atoms with E-state index < -0.39 is 48.9 Å². The topological polar surface area (TPSA) is 253 Å². The number of Topliss-reactive ketones (excluding diaryl/α,β-unsaturated/α-hetero) is 1. The molecule has 0 fully saturated rings. The highest BCUT2D eigenvalue weighted by Crippen LogP contribution is 2.48. The summed E-state index contributed by atoms with van der Waals surface area (Å²) in [6, 6.07) is 13.7. The number of phosphoric ester groups is 1. The summed E-state index contributed by atoms with van der Waals surface area (Å²) < 4.78 is 67.6. The molecule has 0 aliphatic carbocycles. The normalized spacial score (nSPS) is 11.6. The van der Waals surface area contributed by atoms with Gasteiger partial charge in [-0.05, 0) is 79.9 Å². The molecule has 1 atom stereocenters. The van der Waals surface area contributed by atoms with E-state index in [4.69, 9.17) is 22.5 Å². The molecule has 0 saturated carbocycles. The minimum absolute atomic E-state index is 0.0567. The molecule has 2 amide bonds. The van der Waals surface area contributed by atoms with E-state index in [9.17, 15) is 41.7 Å². The number of carboxylic acid groups (broad SMARTS) is 1. The monoisotopic (exact) mass is 874 g/mol. The number of anilines is 4. The number of nitrogens with one attached hydrogen (secondary N) is 5. The smallest absolute Gasteiger partial charge is 0.481 e. The summed E-state index contributed by atoms with van der Waals surface area (Å²) in [7, 11) is -4.17. The van der Waals surface area contributed by atoms with E-state index >= 15 is 0 Å². The maximum Gasteiger partial charge on any atom is 0.604 e. The average Bonchev–Trinajstić information content (AvgIpc) is 3.22. The van der Waals surface area contributed by atoms with Crippen LogP contribution < -0.4 is 26.8 Å². The Kier molecular flexibility index (Phi) is 14.6. The number of amides is 2. The molecule has 5 aromatic rings. The number of aromatic amines is 1. The molecule has 6 N–H and O–H groups in total. The van der Waals surface area contributed by atoms with Crippen molar-refractivity contribution in [2.75, 3.05) is 22.6 Å². The fourth-order valence-corrected chi connectivity index (χ4v) is 6.22. The first-order valence-corrected chi connectivity index (χ1v) is 19.5. The first kappa shape index (κ1) is 45.3. The fourth-order valence-electron chi connectivity index (χ4n) is 5.50. The summed E-state index contributed by atoms with van der Waals surface area (Å²) >= 11 is 0. The van der Waals surface area contributed by atoms with E-state index in [1.807, 2.05) is 0 Å². The number of phosphoric acid groups is 1. The van der Waals surface area contributed by atoms with E-state index in [2.05, 4.69) is 50.3 Å². The van der Waals surface area contributed by atoms with Crippen LogP contribution in [0.4, 0.5) is 36.2 Å². The van der Waals surface area contributed by atoms with Crippen molar-refractivity contribution < 1.29 is 55.6 Å². The first-order chi connectivity index (χ1) is 29.5. The van der Waals surface area contributed by atoms with Gasteiger partial charge in [-0.1, -0.05) is 25.0 Å². The number of nitrogens with zero attached hydrogens (tertiary/aromatic N) is 3. The Morgan fingerprint density at radius 2 is 1.63 bits per heavy atom. The molecule has 0 unspecified atom stereocenters. The fraction of sp³-hybridized carbons (Fsp3) is 0.200. The molecule has 320 valence electrons. The van der Waals surface area contributed by atoms with Crippen LogP contribution in [0.25, 0.3) is 11.2 Å². The van der Waals surface area contributed by atoms with E-state index in [1.165, 1.54) is 37.4 Å². The summed E-state index contributed by atoms with van der Waals surface area (Å²) in [4.78, 5) is 77.0. The molecule has 62 heavy (non-hydrogen) atoms. The molecule has 0 aliphatic heterocycles. The zero-order chi connectivity index (χ0) is 45.0. The van der Waals surface area contributed by atoms with Gasteiger partial charge >= 0.3 is 25.5 Å². The largest absolute Gasteiger partial charge is 0.604 e. The third-order valence-electron chi connectivity index (χ3n) is 8.56. The molecule has 0 bridgehead atoms. The molecule has 22 heteroatoms. The number of H-pyrrole nitrogens is 1. The van der Waals surface area contributed by atoms with E-state index in [0.29, 0.717) is 23.0 Å². The lowest BCUT2D eigenvalue weighted by molar-refractivity contribution is -0.138. The summed E-state index contributed by atoms with van der Waals surface area (Å²) in [5, 5.41) is 19.7. The lowest BCUT2D eigenvalue weighted by Gasteiger charge is -2.15. The Bertz CT molecular complexity index is 2660. The molecule has 5 rings (SSSR count). The van der Waals surface area contributed by atoms with Crippen molar-refractivity contribution in [2.45, 2.75) is 44.9 Å². The number of carbonyl (C=O) groups is 4. The Labute approximate surface area is 349 Å². The molecule has 0 saturated heterocycles. The van der Waals surface area contributed by atoms with Gasteiger partial charge in [0.05, 0.1) is 47.9 Å². The van der Waals surface area contributed by atoms with Gasteiger partial charge in [-0.15, -0.1) is 0 Å². The van der Waals surface area contributed by atoms with E-state index in [1.54, 1.807) is 36.5 Å². The van der Waals surface area contributed by atoms with Gasteiger partial charge in [-0.3, -0.25) is 28.5 Å². The van der Waals surface area contributed by atoms with Crippen molar-refractivity contribution >= 4 is 65.6 Å². The quantitative estimate of drug-likeness (QED) is 0.0425. The van der Waals surface area contributed by atoms with E-state index in [0.717, 1.165) is 12.1 Å². The summed E-state index contributed by atoms with van der Waals surface area (Å²) in [5.74, 6) is -3.21. The van der Waals surface area contributed by atoms with Crippen LogP contribution in [0.1, 0.15) is 57.3 Å². The van der Waals surface area contributed by atoms with E-state index in [-0.39, 0.29) is 77.8 Å². The molecule has 18 nitrogen and oxygen atoms in total. The molecule has 2 heterocycles. The number of hydrogen-bond acceptors (Lipinski definition) is 14. The number of terminal acetylenes is 2. The molecular formula is C40H34F3N8O10P. The maximum absolute atomic E-state index is 13.8. The van der Waals surface area contributed by atoms with Crippen molar-refractivity contribution in [3.05, 3.63) is 111 Å². The lowest BCUT2D eigenvalue weighted by atomic mass is 10.1. The summed E-state index contributed by atoms with van der Waals surface area (Å²) in [6.07, 6.45) is 9.70. The Morgan fingerprint density at radius 1 is 0.952 bits per heavy atom. The van der Waals surface area contributed by atoms with Crippen molar-refractivity contribution in [3.63, 3.8) is 0 Å².